The molecule has 1 heterocycles. The fourth-order valence-corrected chi connectivity index (χ4v) is 4.11. The fourth-order valence-electron chi connectivity index (χ4n) is 4.03. The van der Waals surface area contributed by atoms with Gasteiger partial charge < -0.3 is 19.2 Å². The summed E-state index contributed by atoms with van der Waals surface area (Å²) in [7, 11) is 2.63. The maximum absolute atomic E-state index is 13.7. The molecule has 0 aliphatic heterocycles. The zero-order valence-corrected chi connectivity index (χ0v) is 25.6. The van der Waals surface area contributed by atoms with Crippen LogP contribution >= 0.6 is 11.6 Å². The number of ether oxygens (including phenoxy) is 1. The number of Topliss-reactive ketones (excluding diaryl/α,β-unsaturated/α-hetero) is 1. The first-order chi connectivity index (χ1) is 18.0. The van der Waals surface area contributed by atoms with E-state index < -0.39 is 5.41 Å². The molecule has 0 saturated carbocycles. The molecule has 0 atom stereocenters. The van der Waals surface area contributed by atoms with Gasteiger partial charge in [-0.1, -0.05) is 79.3 Å². The summed E-state index contributed by atoms with van der Waals surface area (Å²) in [6.45, 7) is 18.5. The van der Waals surface area contributed by atoms with Crippen molar-refractivity contribution in [3.63, 3.8) is 0 Å². The molecule has 0 saturated heterocycles. The van der Waals surface area contributed by atoms with Gasteiger partial charge in [-0.3, -0.25) is 4.79 Å². The minimum Gasteiger partial charge on any atom is -0.497 e. The molecule has 0 radical (unpaired) electrons. The van der Waals surface area contributed by atoms with E-state index in [1.807, 2.05) is 64.1 Å². The number of fused-ring (bicyclic) bond motifs is 1. The predicted molar refractivity (Wildman–Crippen MR) is 163 cm³/mol. The molecule has 0 aliphatic carbocycles. The molecule has 6 heteroatoms. The molecular formula is C32H48ClNO4. The third kappa shape index (κ3) is 10.6. The molecule has 1 aromatic carbocycles. The second-order valence-corrected chi connectivity index (χ2v) is 10.9. The lowest BCUT2D eigenvalue weighted by molar-refractivity contribution is -0.114. The van der Waals surface area contributed by atoms with Crippen LogP contribution in [0.3, 0.4) is 0 Å². The summed E-state index contributed by atoms with van der Waals surface area (Å²) in [4.78, 5) is 25.3. The predicted octanol–water partition coefficient (Wildman–Crippen LogP) is 7.97. The van der Waals surface area contributed by atoms with E-state index in [1.165, 1.54) is 0 Å². The summed E-state index contributed by atoms with van der Waals surface area (Å²) in [5.74, 6) is 1.22. The smallest absolute Gasteiger partial charge is 0.165 e. The molecule has 38 heavy (non-hydrogen) atoms. The second-order valence-electron chi connectivity index (χ2n) is 10.6. The average molecular weight is 546 g/mol. The van der Waals surface area contributed by atoms with Crippen molar-refractivity contribution in [2.45, 2.75) is 74.3 Å². The van der Waals surface area contributed by atoms with Crippen molar-refractivity contribution in [3.05, 3.63) is 65.9 Å². The van der Waals surface area contributed by atoms with Gasteiger partial charge >= 0.3 is 0 Å². The average Bonchev–Trinajstić information content (AvgIpc) is 3.19. The first kappa shape index (κ1) is 35.4. The number of benzene rings is 1. The number of halogens is 1. The Morgan fingerprint density at radius 3 is 2.29 bits per heavy atom. The summed E-state index contributed by atoms with van der Waals surface area (Å²) in [5, 5.41) is 7.88. The highest BCUT2D eigenvalue weighted by Gasteiger charge is 2.28. The quantitative estimate of drug-likeness (QED) is 0.127. The Bertz CT molecular complexity index is 1100. The highest BCUT2D eigenvalue weighted by molar-refractivity contribution is 6.18. The molecule has 212 valence electrons. The number of aliphatic hydroxyl groups is 1. The fraction of sp³-hybridized carbons (Fsp3) is 0.500. The Kier molecular flexibility index (Phi) is 15.9. The highest BCUT2D eigenvalue weighted by Crippen LogP contribution is 2.35. The number of aliphatic hydroxyl groups excluding tert-OH is 1. The van der Waals surface area contributed by atoms with E-state index in [0.717, 1.165) is 41.1 Å². The SMILES string of the molecule is C=C/C=C(\C=C/CCl)Cn1c(CCC(C)(C)C=O)c(C(=O)CC(C)(C)C)c2cc(OC)ccc21.CC.CO. The lowest BCUT2D eigenvalue weighted by atomic mass is 9.85. The summed E-state index contributed by atoms with van der Waals surface area (Å²) < 4.78 is 7.69. The second kappa shape index (κ2) is 17.1. The zero-order chi connectivity index (χ0) is 29.5. The van der Waals surface area contributed by atoms with Gasteiger partial charge in [0.2, 0.25) is 0 Å². The normalized spacial score (nSPS) is 11.9. The molecule has 5 nitrogen and oxygen atoms in total. The number of hydrogen-bond donors (Lipinski definition) is 1. The molecule has 2 rings (SSSR count). The monoisotopic (exact) mass is 545 g/mol. The van der Waals surface area contributed by atoms with Crippen molar-refractivity contribution >= 4 is 34.6 Å². The molecule has 0 aliphatic rings. The Hall–Kier alpha value is -2.63. The van der Waals surface area contributed by atoms with Crippen molar-refractivity contribution in [1.29, 1.82) is 0 Å². The van der Waals surface area contributed by atoms with Crippen LogP contribution in [0.25, 0.3) is 10.9 Å². The number of hydrogen-bond acceptors (Lipinski definition) is 4. The van der Waals surface area contributed by atoms with Gasteiger partial charge in [-0.05, 0) is 42.0 Å². The van der Waals surface area contributed by atoms with Gasteiger partial charge in [0, 0.05) is 53.5 Å². The molecule has 0 fully saturated rings. The number of alkyl halides is 1. The molecule has 1 N–H and O–H groups in total. The Balaban J connectivity index is 0.00000326. The standard InChI is InChI=1S/C29H38ClNO3.C2H6.CH4O/c1-8-10-21(11-9-16-30)19-31-24-13-12-22(34-7)17-23(24)27(26(33)18-28(2,3)4)25(31)14-15-29(5,6)20-32;2*1-2/h8-13,17,20H,1,14-16,18-19H2,2-7H3;1-2H3;2H,1H3/b11-9-,21-10+;;. The van der Waals surface area contributed by atoms with Gasteiger partial charge in [0.15, 0.2) is 5.78 Å². The van der Waals surface area contributed by atoms with E-state index in [-0.39, 0.29) is 11.2 Å². The topological polar surface area (TPSA) is 68.5 Å². The molecular weight excluding hydrogens is 498 g/mol. The van der Waals surface area contributed by atoms with E-state index in [2.05, 4.69) is 31.9 Å². The van der Waals surface area contributed by atoms with Crippen LogP contribution in [0.1, 0.15) is 77.4 Å². The van der Waals surface area contributed by atoms with Gasteiger partial charge in [0.05, 0.1) is 7.11 Å². The maximum atomic E-state index is 13.7. The van der Waals surface area contributed by atoms with E-state index in [4.69, 9.17) is 21.4 Å². The van der Waals surface area contributed by atoms with Crippen LogP contribution in [-0.4, -0.2) is 41.8 Å². The summed E-state index contributed by atoms with van der Waals surface area (Å²) in [5.41, 5.74) is 3.02. The Labute approximate surface area is 235 Å². The third-order valence-electron chi connectivity index (χ3n) is 5.77. The van der Waals surface area contributed by atoms with E-state index in [0.29, 0.717) is 37.4 Å². The van der Waals surface area contributed by atoms with Crippen molar-refractivity contribution in [2.75, 3.05) is 20.1 Å². The first-order valence-corrected chi connectivity index (χ1v) is 13.7. The van der Waals surface area contributed by atoms with Crippen molar-refractivity contribution in [1.82, 2.24) is 4.57 Å². The third-order valence-corrected chi connectivity index (χ3v) is 5.94. The van der Waals surface area contributed by atoms with Crippen LogP contribution < -0.4 is 4.74 Å². The number of aldehydes is 1. The van der Waals surface area contributed by atoms with Crippen LogP contribution in [0.15, 0.2) is 54.7 Å². The van der Waals surface area contributed by atoms with E-state index in [1.54, 1.807) is 13.2 Å². The molecule has 0 unspecified atom stereocenters. The van der Waals surface area contributed by atoms with Gasteiger partial charge in [0.25, 0.3) is 0 Å². The maximum Gasteiger partial charge on any atom is 0.165 e. The summed E-state index contributed by atoms with van der Waals surface area (Å²) in [6, 6.07) is 5.87. The van der Waals surface area contributed by atoms with Crippen molar-refractivity contribution in [3.8, 4) is 5.75 Å². The largest absolute Gasteiger partial charge is 0.497 e. The summed E-state index contributed by atoms with van der Waals surface area (Å²) in [6.07, 6.45) is 10.2. The van der Waals surface area contributed by atoms with Crippen LogP contribution in [0.4, 0.5) is 0 Å². The number of carbonyl (C=O) groups excluding carboxylic acids is 2. The van der Waals surface area contributed by atoms with Crippen LogP contribution in [0.5, 0.6) is 5.75 Å². The van der Waals surface area contributed by atoms with E-state index in [9.17, 15) is 9.59 Å². The van der Waals surface area contributed by atoms with Gasteiger partial charge in [-0.2, -0.15) is 0 Å². The lowest BCUT2D eigenvalue weighted by Crippen LogP contribution is -2.18. The number of carbonyl (C=O) groups is 2. The number of methoxy groups -OCH3 is 1. The molecule has 2 aromatic rings. The molecule has 0 spiro atoms. The summed E-state index contributed by atoms with van der Waals surface area (Å²) >= 11 is 5.89. The molecule has 0 bridgehead atoms. The number of ketones is 1. The van der Waals surface area contributed by atoms with Gasteiger partial charge in [-0.25, -0.2) is 0 Å². The number of nitrogens with zero attached hydrogens (tertiary/aromatic N) is 1. The first-order valence-electron chi connectivity index (χ1n) is 13.1. The highest BCUT2D eigenvalue weighted by atomic mass is 35.5. The van der Waals surface area contributed by atoms with Crippen LogP contribution in [-0.2, 0) is 17.8 Å². The van der Waals surface area contributed by atoms with Crippen LogP contribution in [0, 0.1) is 10.8 Å². The number of allylic oxidation sites excluding steroid dienone is 5. The Morgan fingerprint density at radius 1 is 1.16 bits per heavy atom. The number of rotatable bonds is 12. The van der Waals surface area contributed by atoms with Crippen LogP contribution in [0.2, 0.25) is 0 Å². The molecule has 0 amide bonds. The Morgan fingerprint density at radius 2 is 1.79 bits per heavy atom. The lowest BCUT2D eigenvalue weighted by Gasteiger charge is -2.20. The molecule has 1 aromatic heterocycles. The van der Waals surface area contributed by atoms with Gasteiger partial charge in [-0.15, -0.1) is 11.6 Å². The van der Waals surface area contributed by atoms with E-state index >= 15 is 0 Å². The number of aromatic nitrogens is 1. The van der Waals surface area contributed by atoms with Crippen molar-refractivity contribution < 1.29 is 19.4 Å². The van der Waals surface area contributed by atoms with Crippen molar-refractivity contribution in [2.24, 2.45) is 10.8 Å². The minimum absolute atomic E-state index is 0.106. The van der Waals surface area contributed by atoms with Gasteiger partial charge in [0.1, 0.15) is 12.0 Å². The zero-order valence-electron chi connectivity index (χ0n) is 24.9. The minimum atomic E-state index is -0.484.